The minimum Gasteiger partial charge on any atom is -0.471 e. The van der Waals surface area contributed by atoms with E-state index in [0.29, 0.717) is 24.4 Å². The topological polar surface area (TPSA) is 86.0 Å². The number of rotatable bonds is 5. The molecule has 1 aliphatic rings. The number of thiazole rings is 1. The monoisotopic (exact) mass is 428 g/mol. The van der Waals surface area contributed by atoms with Crippen molar-refractivity contribution >= 4 is 28.4 Å². The molecule has 0 bridgehead atoms. The second-order valence-corrected chi connectivity index (χ2v) is 9.56. The molecule has 3 aromatic heterocycles. The van der Waals surface area contributed by atoms with Crippen LogP contribution in [0.1, 0.15) is 52.5 Å². The van der Waals surface area contributed by atoms with Gasteiger partial charge in [0.2, 0.25) is 11.8 Å². The molecule has 1 amide bonds. The van der Waals surface area contributed by atoms with Gasteiger partial charge in [-0.1, -0.05) is 27.7 Å². The molecule has 3 aromatic rings. The number of nitrogens with zero attached hydrogens (tertiary/aromatic N) is 6. The van der Waals surface area contributed by atoms with E-state index in [2.05, 4.69) is 47.2 Å². The normalized spacial score (nSPS) is 17.1. The first kappa shape index (κ1) is 20.7. The molecule has 0 aliphatic carbocycles. The summed E-state index contributed by atoms with van der Waals surface area (Å²) in [4.78, 5) is 33.1. The fourth-order valence-electron chi connectivity index (χ4n) is 3.65. The van der Waals surface area contributed by atoms with Gasteiger partial charge in [-0.15, -0.1) is 11.3 Å². The molecule has 0 spiro atoms. The molecule has 1 saturated heterocycles. The lowest BCUT2D eigenvalue weighted by molar-refractivity contribution is -0.130. The lowest BCUT2D eigenvalue weighted by Gasteiger charge is -2.16. The number of hydrogen-bond acceptors (Lipinski definition) is 7. The van der Waals surface area contributed by atoms with Crippen LogP contribution in [0.3, 0.4) is 0 Å². The molecule has 4 heterocycles. The summed E-state index contributed by atoms with van der Waals surface area (Å²) in [6.07, 6.45) is 4.64. The zero-order valence-electron chi connectivity index (χ0n) is 18.2. The van der Waals surface area contributed by atoms with E-state index in [1.807, 2.05) is 18.0 Å². The van der Waals surface area contributed by atoms with E-state index in [9.17, 15) is 4.79 Å². The molecule has 0 saturated carbocycles. The summed E-state index contributed by atoms with van der Waals surface area (Å²) in [6.45, 7) is 12.5. The van der Waals surface area contributed by atoms with Gasteiger partial charge in [0, 0.05) is 37.5 Å². The number of imidazole rings is 1. The Morgan fingerprint density at radius 1 is 1.27 bits per heavy atom. The molecule has 1 atom stereocenters. The molecule has 1 unspecified atom stereocenters. The molecule has 0 aromatic carbocycles. The van der Waals surface area contributed by atoms with Gasteiger partial charge in [0.25, 0.3) is 0 Å². The molecule has 1 aliphatic heterocycles. The molecular formula is C21H28N6O2S. The van der Waals surface area contributed by atoms with Gasteiger partial charge in [-0.25, -0.2) is 15.0 Å². The average Bonchev–Trinajstić information content (AvgIpc) is 3.44. The van der Waals surface area contributed by atoms with Gasteiger partial charge in [0.15, 0.2) is 17.0 Å². The highest BCUT2D eigenvalue weighted by molar-refractivity contribution is 7.15. The number of fused-ring (bicyclic) bond motifs is 1. The standard InChI is InChI=1S/C21H28N6O2S/c1-6-15(28)26-9-8-13(11-26)29-19-16-18(23-12-24-19)27(7-2)17(25-16)14-10-22-20(30-14)21(3,4)5/h10,12-13H,6-9,11H2,1-5H3. The van der Waals surface area contributed by atoms with Crippen molar-refractivity contribution < 1.29 is 9.53 Å². The lowest BCUT2D eigenvalue weighted by atomic mass is 9.98. The molecule has 0 N–H and O–H groups in total. The van der Waals surface area contributed by atoms with E-state index < -0.39 is 0 Å². The summed E-state index contributed by atoms with van der Waals surface area (Å²) in [6, 6.07) is 0. The summed E-state index contributed by atoms with van der Waals surface area (Å²) < 4.78 is 8.26. The van der Waals surface area contributed by atoms with Gasteiger partial charge >= 0.3 is 0 Å². The quantitative estimate of drug-likeness (QED) is 0.616. The van der Waals surface area contributed by atoms with Crippen molar-refractivity contribution in [3.63, 3.8) is 0 Å². The van der Waals surface area contributed by atoms with Crippen molar-refractivity contribution in [2.24, 2.45) is 0 Å². The SMILES string of the molecule is CCC(=O)N1CCC(Oc2ncnc3c2nc(-c2cnc(C(C)(C)C)s2)n3CC)C1. The number of carbonyl (C=O) groups excluding carboxylic acids is 1. The van der Waals surface area contributed by atoms with E-state index in [1.165, 1.54) is 6.33 Å². The number of hydrogen-bond donors (Lipinski definition) is 0. The van der Waals surface area contributed by atoms with Crippen LogP contribution in [0.5, 0.6) is 5.88 Å². The van der Waals surface area contributed by atoms with E-state index in [1.54, 1.807) is 11.3 Å². The third-order valence-electron chi connectivity index (χ3n) is 5.26. The van der Waals surface area contributed by atoms with E-state index in [4.69, 9.17) is 9.72 Å². The molecule has 160 valence electrons. The third-order valence-corrected chi connectivity index (χ3v) is 6.68. The molecule has 9 heteroatoms. The summed E-state index contributed by atoms with van der Waals surface area (Å²) in [7, 11) is 0. The van der Waals surface area contributed by atoms with E-state index in [0.717, 1.165) is 40.9 Å². The summed E-state index contributed by atoms with van der Waals surface area (Å²) in [5, 5.41) is 1.07. The van der Waals surface area contributed by atoms with Crippen molar-refractivity contribution in [2.45, 2.75) is 65.5 Å². The predicted molar refractivity (Wildman–Crippen MR) is 117 cm³/mol. The molecule has 1 fully saturated rings. The second-order valence-electron chi connectivity index (χ2n) is 8.53. The summed E-state index contributed by atoms with van der Waals surface area (Å²) >= 11 is 1.65. The van der Waals surface area contributed by atoms with Crippen molar-refractivity contribution in [3.05, 3.63) is 17.5 Å². The van der Waals surface area contributed by atoms with Crippen LogP contribution >= 0.6 is 11.3 Å². The van der Waals surface area contributed by atoms with Gasteiger partial charge in [-0.2, -0.15) is 4.98 Å². The Kier molecular flexibility index (Phi) is 5.48. The minimum atomic E-state index is -0.0790. The highest BCUT2D eigenvalue weighted by Crippen LogP contribution is 2.35. The van der Waals surface area contributed by atoms with Crippen LogP contribution in [-0.2, 0) is 16.8 Å². The van der Waals surface area contributed by atoms with Crippen molar-refractivity contribution in [1.29, 1.82) is 0 Å². The molecule has 30 heavy (non-hydrogen) atoms. The van der Waals surface area contributed by atoms with Crippen molar-refractivity contribution in [3.8, 4) is 16.6 Å². The second kappa shape index (κ2) is 7.94. The fourth-order valence-corrected chi connectivity index (χ4v) is 4.62. The van der Waals surface area contributed by atoms with Crippen LogP contribution in [0, 0.1) is 0 Å². The van der Waals surface area contributed by atoms with Gasteiger partial charge in [-0.3, -0.25) is 4.79 Å². The van der Waals surface area contributed by atoms with E-state index in [-0.39, 0.29) is 17.4 Å². The highest BCUT2D eigenvalue weighted by Gasteiger charge is 2.29. The Balaban J connectivity index is 1.67. The first-order chi connectivity index (χ1) is 14.3. The van der Waals surface area contributed by atoms with Crippen LogP contribution < -0.4 is 4.74 Å². The molecule has 4 rings (SSSR count). The number of ether oxygens (including phenoxy) is 1. The Hall–Kier alpha value is -2.55. The van der Waals surface area contributed by atoms with E-state index >= 15 is 0 Å². The first-order valence-corrected chi connectivity index (χ1v) is 11.3. The van der Waals surface area contributed by atoms with Crippen molar-refractivity contribution in [1.82, 2.24) is 29.4 Å². The molecule has 0 radical (unpaired) electrons. The fraction of sp³-hybridized carbons (Fsp3) is 0.571. The number of likely N-dealkylation sites (tertiary alicyclic amines) is 1. The zero-order valence-corrected chi connectivity index (χ0v) is 19.0. The van der Waals surface area contributed by atoms with Crippen LogP contribution in [0.25, 0.3) is 21.9 Å². The Morgan fingerprint density at radius 3 is 2.73 bits per heavy atom. The Morgan fingerprint density at radius 2 is 2.07 bits per heavy atom. The van der Waals surface area contributed by atoms with Gasteiger partial charge < -0.3 is 14.2 Å². The summed E-state index contributed by atoms with van der Waals surface area (Å²) in [5.74, 6) is 1.47. The lowest BCUT2D eigenvalue weighted by Crippen LogP contribution is -2.30. The Labute approximate surface area is 180 Å². The number of aryl methyl sites for hydroxylation is 1. The number of amides is 1. The van der Waals surface area contributed by atoms with Crippen molar-refractivity contribution in [2.75, 3.05) is 13.1 Å². The first-order valence-electron chi connectivity index (χ1n) is 10.4. The van der Waals surface area contributed by atoms with Crippen LogP contribution in [0.4, 0.5) is 0 Å². The zero-order chi connectivity index (χ0) is 21.5. The minimum absolute atomic E-state index is 0.00960. The predicted octanol–water partition coefficient (Wildman–Crippen LogP) is 3.66. The highest BCUT2D eigenvalue weighted by atomic mass is 32.1. The van der Waals surface area contributed by atoms with Gasteiger partial charge in [0.1, 0.15) is 12.4 Å². The Bertz CT molecular complexity index is 1070. The third kappa shape index (κ3) is 3.78. The van der Waals surface area contributed by atoms with Gasteiger partial charge in [-0.05, 0) is 6.92 Å². The molecule has 8 nitrogen and oxygen atoms in total. The largest absolute Gasteiger partial charge is 0.471 e. The van der Waals surface area contributed by atoms with Crippen LogP contribution in [-0.4, -0.2) is 54.5 Å². The van der Waals surface area contributed by atoms with Crippen LogP contribution in [0.15, 0.2) is 12.5 Å². The van der Waals surface area contributed by atoms with Crippen LogP contribution in [0.2, 0.25) is 0 Å². The maximum absolute atomic E-state index is 12.0. The number of aromatic nitrogens is 5. The smallest absolute Gasteiger partial charge is 0.245 e. The average molecular weight is 429 g/mol. The number of carbonyl (C=O) groups is 1. The summed E-state index contributed by atoms with van der Waals surface area (Å²) in [5.41, 5.74) is 1.40. The maximum Gasteiger partial charge on any atom is 0.245 e. The van der Waals surface area contributed by atoms with Gasteiger partial charge in [0.05, 0.1) is 16.4 Å². The maximum atomic E-state index is 12.0. The molecular weight excluding hydrogens is 400 g/mol.